The van der Waals surface area contributed by atoms with E-state index in [9.17, 15) is 0 Å². The molecule has 108 valence electrons. The van der Waals surface area contributed by atoms with Gasteiger partial charge < -0.3 is 10.2 Å². The van der Waals surface area contributed by atoms with Crippen molar-refractivity contribution in [1.29, 1.82) is 0 Å². The van der Waals surface area contributed by atoms with Gasteiger partial charge in [0.2, 0.25) is 0 Å². The molecule has 2 rings (SSSR count). The summed E-state index contributed by atoms with van der Waals surface area (Å²) < 4.78 is 0.907. The lowest BCUT2D eigenvalue weighted by atomic mass is 9.99. The molecule has 0 bridgehead atoms. The van der Waals surface area contributed by atoms with Gasteiger partial charge in [-0.1, -0.05) is 31.9 Å². The van der Waals surface area contributed by atoms with Crippen LogP contribution in [0.15, 0.2) is 12.1 Å². The highest BCUT2D eigenvalue weighted by Crippen LogP contribution is 2.22. The van der Waals surface area contributed by atoms with Crippen molar-refractivity contribution in [2.75, 3.05) is 26.2 Å². The number of hydrogen-bond acceptors (Lipinski definition) is 3. The molecule has 1 fully saturated rings. The van der Waals surface area contributed by atoms with E-state index in [4.69, 9.17) is 11.6 Å². The van der Waals surface area contributed by atoms with Crippen LogP contribution in [0.4, 0.5) is 0 Å². The van der Waals surface area contributed by atoms with E-state index in [1.165, 1.54) is 30.8 Å². The van der Waals surface area contributed by atoms with Crippen LogP contribution in [0.1, 0.15) is 31.6 Å². The van der Waals surface area contributed by atoms with Gasteiger partial charge in [0, 0.05) is 24.0 Å². The second-order valence-corrected chi connectivity index (χ2v) is 7.36. The molecule has 2 atom stereocenters. The van der Waals surface area contributed by atoms with Crippen LogP contribution >= 0.6 is 22.9 Å². The van der Waals surface area contributed by atoms with Crippen molar-refractivity contribution in [3.8, 4) is 0 Å². The standard InChI is InChI=1S/C15H25ClN2S/c1-3-12(2)14-11-18(9-4-8-17-14)10-7-13-5-6-15(16)19-13/h5-6,12,14,17H,3-4,7-11H2,1-2H3. The number of hydrogen-bond donors (Lipinski definition) is 1. The van der Waals surface area contributed by atoms with E-state index in [-0.39, 0.29) is 0 Å². The van der Waals surface area contributed by atoms with Crippen LogP contribution in [0.25, 0.3) is 0 Å². The minimum absolute atomic E-state index is 0.652. The summed E-state index contributed by atoms with van der Waals surface area (Å²) in [4.78, 5) is 4.02. The lowest BCUT2D eigenvalue weighted by Crippen LogP contribution is -2.42. The summed E-state index contributed by atoms with van der Waals surface area (Å²) in [5, 5.41) is 3.70. The molecular formula is C15H25ClN2S. The molecule has 1 saturated heterocycles. The van der Waals surface area contributed by atoms with E-state index >= 15 is 0 Å². The molecule has 1 aliphatic heterocycles. The molecular weight excluding hydrogens is 276 g/mol. The number of nitrogens with zero attached hydrogens (tertiary/aromatic N) is 1. The van der Waals surface area contributed by atoms with E-state index in [0.717, 1.165) is 29.8 Å². The average Bonchev–Trinajstić information content (AvgIpc) is 2.69. The summed E-state index contributed by atoms with van der Waals surface area (Å²) in [5.74, 6) is 0.761. The topological polar surface area (TPSA) is 15.3 Å². The molecule has 2 heterocycles. The van der Waals surface area contributed by atoms with Crippen molar-refractivity contribution in [3.05, 3.63) is 21.3 Å². The summed E-state index contributed by atoms with van der Waals surface area (Å²) in [6, 6.07) is 4.82. The molecule has 1 aromatic heterocycles. The average molecular weight is 301 g/mol. The van der Waals surface area contributed by atoms with E-state index in [0.29, 0.717) is 6.04 Å². The zero-order valence-corrected chi connectivity index (χ0v) is 13.6. The Labute approximate surface area is 126 Å². The third kappa shape index (κ3) is 4.75. The van der Waals surface area contributed by atoms with Crippen molar-refractivity contribution in [2.24, 2.45) is 5.92 Å². The summed E-state index contributed by atoms with van der Waals surface area (Å²) >= 11 is 7.70. The third-order valence-corrected chi connectivity index (χ3v) is 5.44. The maximum Gasteiger partial charge on any atom is 0.0931 e. The van der Waals surface area contributed by atoms with Gasteiger partial charge in [0.05, 0.1) is 4.34 Å². The molecule has 1 aromatic rings. The zero-order chi connectivity index (χ0) is 13.7. The Morgan fingerprint density at radius 2 is 2.37 bits per heavy atom. The minimum Gasteiger partial charge on any atom is -0.312 e. The smallest absolute Gasteiger partial charge is 0.0931 e. The Morgan fingerprint density at radius 3 is 3.05 bits per heavy atom. The first-order chi connectivity index (χ1) is 9.19. The van der Waals surface area contributed by atoms with Gasteiger partial charge in [-0.2, -0.15) is 0 Å². The zero-order valence-electron chi connectivity index (χ0n) is 12.0. The fourth-order valence-corrected chi connectivity index (χ4v) is 3.72. The van der Waals surface area contributed by atoms with Gasteiger partial charge in [0.15, 0.2) is 0 Å². The minimum atomic E-state index is 0.652. The van der Waals surface area contributed by atoms with Crippen molar-refractivity contribution in [3.63, 3.8) is 0 Å². The molecule has 0 saturated carbocycles. The fourth-order valence-electron chi connectivity index (χ4n) is 2.65. The van der Waals surface area contributed by atoms with Crippen molar-refractivity contribution >= 4 is 22.9 Å². The largest absolute Gasteiger partial charge is 0.312 e. The second kappa shape index (κ2) is 7.63. The molecule has 0 spiro atoms. The maximum absolute atomic E-state index is 5.99. The molecule has 2 nitrogen and oxygen atoms in total. The van der Waals surface area contributed by atoms with E-state index < -0.39 is 0 Å². The van der Waals surface area contributed by atoms with Gasteiger partial charge in [-0.15, -0.1) is 11.3 Å². The van der Waals surface area contributed by atoms with Crippen LogP contribution in [-0.4, -0.2) is 37.1 Å². The first kappa shape index (κ1) is 15.3. The number of thiophene rings is 1. The fraction of sp³-hybridized carbons (Fsp3) is 0.733. The van der Waals surface area contributed by atoms with Crippen LogP contribution in [0.2, 0.25) is 4.34 Å². The van der Waals surface area contributed by atoms with E-state index in [1.807, 2.05) is 6.07 Å². The van der Waals surface area contributed by atoms with Crippen LogP contribution < -0.4 is 5.32 Å². The van der Waals surface area contributed by atoms with Crippen LogP contribution in [0.5, 0.6) is 0 Å². The van der Waals surface area contributed by atoms with Crippen LogP contribution in [0, 0.1) is 5.92 Å². The molecule has 2 unspecified atom stereocenters. The van der Waals surface area contributed by atoms with Gasteiger partial charge in [-0.05, 0) is 44.0 Å². The van der Waals surface area contributed by atoms with Crippen molar-refractivity contribution in [2.45, 2.75) is 39.2 Å². The normalized spacial score (nSPS) is 23.2. The van der Waals surface area contributed by atoms with Crippen LogP contribution in [-0.2, 0) is 6.42 Å². The highest BCUT2D eigenvalue weighted by Gasteiger charge is 2.21. The van der Waals surface area contributed by atoms with Gasteiger partial charge in [-0.25, -0.2) is 0 Å². The molecule has 1 N–H and O–H groups in total. The predicted octanol–water partition coefficient (Wildman–Crippen LogP) is 3.65. The SMILES string of the molecule is CCC(C)C1CN(CCc2ccc(Cl)s2)CCCN1. The summed E-state index contributed by atoms with van der Waals surface area (Å²) in [7, 11) is 0. The first-order valence-electron chi connectivity index (χ1n) is 7.39. The molecule has 0 aliphatic carbocycles. The first-order valence-corrected chi connectivity index (χ1v) is 8.58. The second-order valence-electron chi connectivity index (χ2n) is 5.56. The Bertz CT molecular complexity index is 380. The summed E-state index contributed by atoms with van der Waals surface area (Å²) in [5.41, 5.74) is 0. The highest BCUT2D eigenvalue weighted by atomic mass is 35.5. The molecule has 19 heavy (non-hydrogen) atoms. The maximum atomic E-state index is 5.99. The number of nitrogens with one attached hydrogen (secondary N) is 1. The lowest BCUT2D eigenvalue weighted by Gasteiger charge is -2.27. The third-order valence-electron chi connectivity index (χ3n) is 4.15. The van der Waals surface area contributed by atoms with Crippen molar-refractivity contribution < 1.29 is 0 Å². The Balaban J connectivity index is 1.84. The van der Waals surface area contributed by atoms with Gasteiger partial charge in [-0.3, -0.25) is 0 Å². The number of rotatable bonds is 5. The molecule has 0 amide bonds. The quantitative estimate of drug-likeness (QED) is 0.893. The summed E-state index contributed by atoms with van der Waals surface area (Å²) in [6.07, 6.45) is 3.65. The van der Waals surface area contributed by atoms with Crippen molar-refractivity contribution in [1.82, 2.24) is 10.2 Å². The molecule has 1 aliphatic rings. The van der Waals surface area contributed by atoms with Gasteiger partial charge >= 0.3 is 0 Å². The number of halogens is 1. The monoisotopic (exact) mass is 300 g/mol. The van der Waals surface area contributed by atoms with Gasteiger partial charge in [0.1, 0.15) is 0 Å². The predicted molar refractivity (Wildman–Crippen MR) is 85.3 cm³/mol. The lowest BCUT2D eigenvalue weighted by molar-refractivity contribution is 0.241. The highest BCUT2D eigenvalue weighted by molar-refractivity contribution is 7.16. The summed E-state index contributed by atoms with van der Waals surface area (Å²) in [6.45, 7) is 9.38. The van der Waals surface area contributed by atoms with E-state index in [1.54, 1.807) is 11.3 Å². The molecule has 0 radical (unpaired) electrons. The molecule has 0 aromatic carbocycles. The van der Waals surface area contributed by atoms with Gasteiger partial charge in [0.25, 0.3) is 0 Å². The van der Waals surface area contributed by atoms with Crippen LogP contribution in [0.3, 0.4) is 0 Å². The Kier molecular flexibility index (Phi) is 6.14. The Hall–Kier alpha value is -0.0900. The van der Waals surface area contributed by atoms with E-state index in [2.05, 4.69) is 30.1 Å². The Morgan fingerprint density at radius 1 is 1.53 bits per heavy atom. The molecule has 4 heteroatoms.